The molecule has 2 amide bonds. The molecule has 1 aliphatic carbocycles. The number of amides is 2. The standard InChI is InChI=1S/C21H23N3O5/c1-14-12-16(4-9-19(14)24(27)28)21(26)22-11-10-15-2-7-18(8-3-15)29-13-20(25)23-17-5-6-17/h2-4,7-9,12,17H,5-6,10-11,13H2,1H3,(H,22,26)(H,23,25). The van der Waals surface area contributed by atoms with Gasteiger partial charge < -0.3 is 15.4 Å². The number of benzene rings is 2. The number of hydrogen-bond acceptors (Lipinski definition) is 5. The number of aryl methyl sites for hydroxylation is 1. The van der Waals surface area contributed by atoms with Crippen LogP contribution in [0.1, 0.15) is 34.3 Å². The molecule has 152 valence electrons. The Morgan fingerprint density at radius 3 is 2.52 bits per heavy atom. The lowest BCUT2D eigenvalue weighted by atomic mass is 10.1. The van der Waals surface area contributed by atoms with Gasteiger partial charge in [0.1, 0.15) is 5.75 Å². The molecule has 0 aliphatic heterocycles. The Balaban J connectivity index is 1.42. The van der Waals surface area contributed by atoms with Crippen LogP contribution in [-0.4, -0.2) is 35.9 Å². The molecule has 0 heterocycles. The molecular formula is C21H23N3O5. The summed E-state index contributed by atoms with van der Waals surface area (Å²) in [5.74, 6) is 0.232. The Labute approximate surface area is 168 Å². The largest absolute Gasteiger partial charge is 0.484 e. The van der Waals surface area contributed by atoms with Gasteiger partial charge in [0.15, 0.2) is 6.61 Å². The highest BCUT2D eigenvalue weighted by atomic mass is 16.6. The van der Waals surface area contributed by atoms with Gasteiger partial charge in [-0.1, -0.05) is 12.1 Å². The maximum absolute atomic E-state index is 12.2. The first kappa shape index (κ1) is 20.3. The normalized spacial score (nSPS) is 12.9. The first-order valence-corrected chi connectivity index (χ1v) is 9.47. The number of nitro groups is 1. The summed E-state index contributed by atoms with van der Waals surface area (Å²) in [5, 5.41) is 16.5. The van der Waals surface area contributed by atoms with Gasteiger partial charge >= 0.3 is 0 Å². The van der Waals surface area contributed by atoms with Crippen LogP contribution in [-0.2, 0) is 11.2 Å². The third-order valence-corrected chi connectivity index (χ3v) is 4.59. The summed E-state index contributed by atoms with van der Waals surface area (Å²) in [7, 11) is 0. The summed E-state index contributed by atoms with van der Waals surface area (Å²) in [6.07, 6.45) is 2.71. The van der Waals surface area contributed by atoms with E-state index < -0.39 is 4.92 Å². The van der Waals surface area contributed by atoms with Crippen LogP contribution in [0, 0.1) is 17.0 Å². The van der Waals surface area contributed by atoms with Crippen molar-refractivity contribution in [2.75, 3.05) is 13.2 Å². The molecule has 1 fully saturated rings. The van der Waals surface area contributed by atoms with E-state index in [2.05, 4.69) is 10.6 Å². The van der Waals surface area contributed by atoms with E-state index in [1.165, 1.54) is 18.2 Å². The fourth-order valence-electron chi connectivity index (χ4n) is 2.82. The molecule has 8 heteroatoms. The summed E-state index contributed by atoms with van der Waals surface area (Å²) in [6, 6.07) is 12.0. The van der Waals surface area contributed by atoms with Crippen LogP contribution >= 0.6 is 0 Å². The number of nitrogens with zero attached hydrogens (tertiary/aromatic N) is 1. The van der Waals surface area contributed by atoms with E-state index in [1.54, 1.807) is 19.1 Å². The lowest BCUT2D eigenvalue weighted by Crippen LogP contribution is -2.30. The number of nitro benzene ring substituents is 1. The van der Waals surface area contributed by atoms with E-state index in [9.17, 15) is 19.7 Å². The zero-order valence-electron chi connectivity index (χ0n) is 16.1. The van der Waals surface area contributed by atoms with E-state index in [0.717, 1.165) is 18.4 Å². The van der Waals surface area contributed by atoms with Crippen LogP contribution in [0.15, 0.2) is 42.5 Å². The second-order valence-electron chi connectivity index (χ2n) is 7.04. The maximum atomic E-state index is 12.2. The van der Waals surface area contributed by atoms with E-state index >= 15 is 0 Å². The van der Waals surface area contributed by atoms with E-state index in [0.29, 0.717) is 35.9 Å². The van der Waals surface area contributed by atoms with Crippen LogP contribution < -0.4 is 15.4 Å². The summed E-state index contributed by atoms with van der Waals surface area (Å²) in [6.45, 7) is 2.04. The highest BCUT2D eigenvalue weighted by molar-refractivity contribution is 5.94. The second-order valence-corrected chi connectivity index (χ2v) is 7.04. The van der Waals surface area contributed by atoms with Crippen LogP contribution in [0.5, 0.6) is 5.75 Å². The van der Waals surface area contributed by atoms with Crippen molar-refractivity contribution in [2.24, 2.45) is 0 Å². The molecule has 8 nitrogen and oxygen atoms in total. The average Bonchev–Trinajstić information content (AvgIpc) is 3.51. The number of carbonyl (C=O) groups is 2. The molecule has 0 atom stereocenters. The van der Waals surface area contributed by atoms with Crippen molar-refractivity contribution in [3.63, 3.8) is 0 Å². The second kappa shape index (κ2) is 9.18. The third kappa shape index (κ3) is 6.03. The fraction of sp³-hybridized carbons (Fsp3) is 0.333. The molecule has 0 unspecified atom stereocenters. The predicted molar refractivity (Wildman–Crippen MR) is 107 cm³/mol. The van der Waals surface area contributed by atoms with Gasteiger partial charge in [0.2, 0.25) is 0 Å². The monoisotopic (exact) mass is 397 g/mol. The van der Waals surface area contributed by atoms with Crippen molar-refractivity contribution >= 4 is 17.5 Å². The third-order valence-electron chi connectivity index (χ3n) is 4.59. The minimum absolute atomic E-state index is 0.000554. The maximum Gasteiger partial charge on any atom is 0.272 e. The lowest BCUT2D eigenvalue weighted by molar-refractivity contribution is -0.385. The van der Waals surface area contributed by atoms with E-state index in [-0.39, 0.29) is 24.1 Å². The minimum Gasteiger partial charge on any atom is -0.484 e. The van der Waals surface area contributed by atoms with Gasteiger partial charge in [-0.15, -0.1) is 0 Å². The Morgan fingerprint density at radius 2 is 1.90 bits per heavy atom. The van der Waals surface area contributed by atoms with Crippen LogP contribution in [0.2, 0.25) is 0 Å². The van der Waals surface area contributed by atoms with Crippen molar-refractivity contribution in [1.29, 1.82) is 0 Å². The molecule has 29 heavy (non-hydrogen) atoms. The first-order chi connectivity index (χ1) is 13.9. The van der Waals surface area contributed by atoms with Gasteiger partial charge in [-0.2, -0.15) is 0 Å². The van der Waals surface area contributed by atoms with Crippen LogP contribution in [0.4, 0.5) is 5.69 Å². The molecule has 0 bridgehead atoms. The number of ether oxygens (including phenoxy) is 1. The minimum atomic E-state index is -0.468. The molecule has 2 aromatic rings. The van der Waals surface area contributed by atoms with Crippen molar-refractivity contribution in [1.82, 2.24) is 10.6 Å². The fourth-order valence-corrected chi connectivity index (χ4v) is 2.82. The van der Waals surface area contributed by atoms with Crippen LogP contribution in [0.25, 0.3) is 0 Å². The molecule has 3 rings (SSSR count). The summed E-state index contributed by atoms with van der Waals surface area (Å²) in [4.78, 5) is 34.2. The van der Waals surface area contributed by atoms with Crippen molar-refractivity contribution in [3.05, 3.63) is 69.3 Å². The van der Waals surface area contributed by atoms with Gasteiger partial charge in [-0.05, 0) is 56.0 Å². The summed E-state index contributed by atoms with van der Waals surface area (Å²) < 4.78 is 5.46. The van der Waals surface area contributed by atoms with E-state index in [1.807, 2.05) is 12.1 Å². The van der Waals surface area contributed by atoms with E-state index in [4.69, 9.17) is 4.74 Å². The molecule has 0 saturated heterocycles. The zero-order chi connectivity index (χ0) is 20.8. The lowest BCUT2D eigenvalue weighted by Gasteiger charge is -2.09. The Hall–Kier alpha value is -3.42. The highest BCUT2D eigenvalue weighted by Gasteiger charge is 2.23. The van der Waals surface area contributed by atoms with Crippen molar-refractivity contribution in [3.8, 4) is 5.75 Å². The number of nitrogens with one attached hydrogen (secondary N) is 2. The molecule has 2 aromatic carbocycles. The van der Waals surface area contributed by atoms with Crippen molar-refractivity contribution < 1.29 is 19.2 Å². The zero-order valence-corrected chi connectivity index (χ0v) is 16.1. The molecule has 0 aromatic heterocycles. The SMILES string of the molecule is Cc1cc(C(=O)NCCc2ccc(OCC(=O)NC3CC3)cc2)ccc1[N+](=O)[O-]. The Morgan fingerprint density at radius 1 is 1.17 bits per heavy atom. The summed E-state index contributed by atoms with van der Waals surface area (Å²) >= 11 is 0. The number of hydrogen-bond donors (Lipinski definition) is 2. The predicted octanol–water partition coefficient (Wildman–Crippen LogP) is 2.53. The molecule has 1 saturated carbocycles. The topological polar surface area (TPSA) is 111 Å². The highest BCUT2D eigenvalue weighted by Crippen LogP contribution is 2.19. The van der Waals surface area contributed by atoms with Gasteiger partial charge in [-0.25, -0.2) is 0 Å². The quantitative estimate of drug-likeness (QED) is 0.499. The first-order valence-electron chi connectivity index (χ1n) is 9.47. The molecular weight excluding hydrogens is 374 g/mol. The van der Waals surface area contributed by atoms with Gasteiger partial charge in [-0.3, -0.25) is 19.7 Å². The van der Waals surface area contributed by atoms with Crippen LogP contribution in [0.3, 0.4) is 0 Å². The molecule has 2 N–H and O–H groups in total. The average molecular weight is 397 g/mol. The Bertz CT molecular complexity index is 907. The molecule has 1 aliphatic rings. The van der Waals surface area contributed by atoms with Gasteiger partial charge in [0, 0.05) is 29.8 Å². The number of carbonyl (C=O) groups excluding carboxylic acids is 2. The molecule has 0 spiro atoms. The number of rotatable bonds is 9. The summed E-state index contributed by atoms with van der Waals surface area (Å²) in [5.41, 5.74) is 1.85. The smallest absolute Gasteiger partial charge is 0.272 e. The van der Waals surface area contributed by atoms with Crippen molar-refractivity contribution in [2.45, 2.75) is 32.2 Å². The molecule has 0 radical (unpaired) electrons. The van der Waals surface area contributed by atoms with Gasteiger partial charge in [0.05, 0.1) is 4.92 Å². The Kier molecular flexibility index (Phi) is 6.43. The van der Waals surface area contributed by atoms with Gasteiger partial charge in [0.25, 0.3) is 17.5 Å².